The second-order valence-corrected chi connectivity index (χ2v) is 6.30. The van der Waals surface area contributed by atoms with Crippen LogP contribution in [-0.2, 0) is 4.74 Å². The van der Waals surface area contributed by atoms with Gasteiger partial charge in [0.1, 0.15) is 5.82 Å². The molecule has 1 aromatic heterocycles. The molecule has 2 aromatic carbocycles. The molecule has 3 nitrogen and oxygen atoms in total. The zero-order valence-corrected chi connectivity index (χ0v) is 14.7. The Labute approximate surface area is 146 Å². The number of hydrogen-bond donors (Lipinski definition) is 0. The van der Waals surface area contributed by atoms with Crippen LogP contribution in [0.1, 0.15) is 15.9 Å². The highest BCUT2D eigenvalue weighted by atomic mass is 127. The Morgan fingerprint density at radius 2 is 2.00 bits per heavy atom. The van der Waals surface area contributed by atoms with Gasteiger partial charge >= 0.3 is 5.97 Å². The van der Waals surface area contributed by atoms with Crippen molar-refractivity contribution in [2.45, 2.75) is 6.92 Å². The summed E-state index contributed by atoms with van der Waals surface area (Å²) in [7, 11) is 1.34. The number of benzene rings is 2. The molecule has 0 aliphatic rings. The van der Waals surface area contributed by atoms with Crippen LogP contribution < -0.4 is 0 Å². The number of methoxy groups -OCH3 is 1. The number of ether oxygens (including phenoxy) is 1. The van der Waals surface area contributed by atoms with Crippen LogP contribution in [0.5, 0.6) is 0 Å². The summed E-state index contributed by atoms with van der Waals surface area (Å²) in [5.74, 6) is -0.763. The standard InChI is InChI=1S/C18H13FINO2/c1-10-9-21-17(16-14(19)4-3-5-15(16)20)13-8-11(18(22)23-2)6-7-12(10)13/h3-9H,1-2H3. The highest BCUT2D eigenvalue weighted by Crippen LogP contribution is 2.33. The summed E-state index contributed by atoms with van der Waals surface area (Å²) < 4.78 is 19.9. The molecule has 0 aliphatic heterocycles. The molecule has 0 aliphatic carbocycles. The van der Waals surface area contributed by atoms with Gasteiger partial charge in [-0.25, -0.2) is 9.18 Å². The molecule has 0 unspecified atom stereocenters. The lowest BCUT2D eigenvalue weighted by atomic mass is 9.99. The molecule has 0 N–H and O–H groups in total. The van der Waals surface area contributed by atoms with Crippen molar-refractivity contribution in [1.29, 1.82) is 0 Å². The van der Waals surface area contributed by atoms with Crippen LogP contribution in [-0.4, -0.2) is 18.1 Å². The smallest absolute Gasteiger partial charge is 0.337 e. The number of nitrogens with zero attached hydrogens (tertiary/aromatic N) is 1. The largest absolute Gasteiger partial charge is 0.465 e. The van der Waals surface area contributed by atoms with Crippen molar-refractivity contribution in [3.05, 3.63) is 63.1 Å². The fourth-order valence-corrected chi connectivity index (χ4v) is 3.27. The maximum atomic E-state index is 14.4. The predicted molar refractivity (Wildman–Crippen MR) is 95.9 cm³/mol. The molecule has 0 radical (unpaired) electrons. The van der Waals surface area contributed by atoms with Crippen molar-refractivity contribution in [3.8, 4) is 11.3 Å². The number of esters is 1. The summed E-state index contributed by atoms with van der Waals surface area (Å²) >= 11 is 2.09. The van der Waals surface area contributed by atoms with Crippen LogP contribution in [0.4, 0.5) is 4.39 Å². The average Bonchev–Trinajstić information content (AvgIpc) is 2.55. The summed E-state index contributed by atoms with van der Waals surface area (Å²) in [6.07, 6.45) is 1.72. The lowest BCUT2D eigenvalue weighted by Crippen LogP contribution is -2.02. The van der Waals surface area contributed by atoms with Gasteiger partial charge in [0.15, 0.2) is 0 Å². The Hall–Kier alpha value is -2.02. The number of pyridine rings is 1. The number of aromatic nitrogens is 1. The number of aryl methyl sites for hydroxylation is 1. The van der Waals surface area contributed by atoms with Crippen molar-refractivity contribution in [2.75, 3.05) is 7.11 Å². The first-order valence-electron chi connectivity index (χ1n) is 6.95. The molecule has 5 heteroatoms. The van der Waals surface area contributed by atoms with Crippen LogP contribution in [0.3, 0.4) is 0 Å². The van der Waals surface area contributed by atoms with Gasteiger partial charge in [-0.1, -0.05) is 12.1 Å². The summed E-state index contributed by atoms with van der Waals surface area (Å²) in [6.45, 7) is 1.93. The van der Waals surface area contributed by atoms with E-state index < -0.39 is 5.97 Å². The van der Waals surface area contributed by atoms with E-state index in [-0.39, 0.29) is 5.82 Å². The van der Waals surface area contributed by atoms with Gasteiger partial charge in [-0.3, -0.25) is 4.98 Å². The van der Waals surface area contributed by atoms with E-state index in [1.54, 1.807) is 24.4 Å². The molecule has 0 fully saturated rings. The molecule has 0 amide bonds. The van der Waals surface area contributed by atoms with Crippen molar-refractivity contribution >= 4 is 39.3 Å². The highest BCUT2D eigenvalue weighted by molar-refractivity contribution is 14.1. The van der Waals surface area contributed by atoms with Crippen LogP contribution in [0, 0.1) is 16.3 Å². The summed E-state index contributed by atoms with van der Waals surface area (Å²) in [6, 6.07) is 10.2. The van der Waals surface area contributed by atoms with Crippen LogP contribution in [0.15, 0.2) is 42.6 Å². The summed E-state index contributed by atoms with van der Waals surface area (Å²) in [5, 5.41) is 1.66. The molecule has 0 spiro atoms. The Morgan fingerprint density at radius 3 is 2.70 bits per heavy atom. The third-order valence-electron chi connectivity index (χ3n) is 3.71. The van der Waals surface area contributed by atoms with E-state index in [2.05, 4.69) is 27.6 Å². The minimum atomic E-state index is -0.428. The second kappa shape index (κ2) is 6.23. The van der Waals surface area contributed by atoms with Gasteiger partial charge in [0, 0.05) is 20.7 Å². The van der Waals surface area contributed by atoms with Gasteiger partial charge in [-0.15, -0.1) is 0 Å². The zero-order valence-electron chi connectivity index (χ0n) is 12.6. The van der Waals surface area contributed by atoms with Crippen molar-refractivity contribution in [1.82, 2.24) is 4.98 Å². The van der Waals surface area contributed by atoms with Gasteiger partial charge in [-0.2, -0.15) is 0 Å². The summed E-state index contributed by atoms with van der Waals surface area (Å²) in [5.41, 5.74) is 2.35. The summed E-state index contributed by atoms with van der Waals surface area (Å²) in [4.78, 5) is 16.2. The Bertz CT molecular complexity index is 904. The molecule has 0 saturated heterocycles. The number of rotatable bonds is 2. The molecule has 3 rings (SSSR count). The lowest BCUT2D eigenvalue weighted by Gasteiger charge is -2.12. The number of fused-ring (bicyclic) bond motifs is 1. The van der Waals surface area contributed by atoms with E-state index in [1.807, 2.05) is 19.1 Å². The fourth-order valence-electron chi connectivity index (χ4n) is 2.55. The third kappa shape index (κ3) is 2.81. The molecular formula is C18H13FINO2. The zero-order chi connectivity index (χ0) is 16.6. The first kappa shape index (κ1) is 15.9. The number of carbonyl (C=O) groups is 1. The maximum Gasteiger partial charge on any atom is 0.337 e. The van der Waals surface area contributed by atoms with E-state index in [9.17, 15) is 9.18 Å². The van der Waals surface area contributed by atoms with Crippen molar-refractivity contribution < 1.29 is 13.9 Å². The minimum absolute atomic E-state index is 0.335. The van der Waals surface area contributed by atoms with E-state index in [1.165, 1.54) is 13.2 Å². The van der Waals surface area contributed by atoms with Crippen molar-refractivity contribution in [3.63, 3.8) is 0 Å². The molecule has 0 atom stereocenters. The van der Waals surface area contributed by atoms with Gasteiger partial charge < -0.3 is 4.74 Å². The molecule has 1 heterocycles. The maximum absolute atomic E-state index is 14.4. The average molecular weight is 421 g/mol. The Balaban J connectivity index is 2.37. The molecule has 23 heavy (non-hydrogen) atoms. The predicted octanol–water partition coefficient (Wildman–Crippen LogP) is 4.74. The quantitative estimate of drug-likeness (QED) is 0.443. The number of halogens is 2. The van der Waals surface area contributed by atoms with E-state index in [0.29, 0.717) is 16.8 Å². The topological polar surface area (TPSA) is 39.2 Å². The van der Waals surface area contributed by atoms with Crippen LogP contribution in [0.2, 0.25) is 0 Å². The SMILES string of the molecule is COC(=O)c1ccc2c(C)cnc(-c3c(F)cccc3I)c2c1. The monoisotopic (exact) mass is 421 g/mol. The fraction of sp³-hybridized carbons (Fsp3) is 0.111. The molecule has 0 bridgehead atoms. The Kier molecular flexibility index (Phi) is 4.30. The number of hydrogen-bond acceptors (Lipinski definition) is 3. The molecule has 116 valence electrons. The van der Waals surface area contributed by atoms with E-state index in [0.717, 1.165) is 19.9 Å². The first-order valence-corrected chi connectivity index (χ1v) is 8.03. The van der Waals surface area contributed by atoms with Gasteiger partial charge in [-0.05, 0) is 64.7 Å². The Morgan fingerprint density at radius 1 is 1.22 bits per heavy atom. The number of carbonyl (C=O) groups excluding carboxylic acids is 1. The van der Waals surface area contributed by atoms with Gasteiger partial charge in [0.05, 0.1) is 18.4 Å². The van der Waals surface area contributed by atoms with Gasteiger partial charge in [0.25, 0.3) is 0 Å². The van der Waals surface area contributed by atoms with Crippen molar-refractivity contribution in [2.24, 2.45) is 0 Å². The minimum Gasteiger partial charge on any atom is -0.465 e. The molecule has 3 aromatic rings. The third-order valence-corrected chi connectivity index (χ3v) is 4.61. The molecular weight excluding hydrogens is 408 g/mol. The normalized spacial score (nSPS) is 10.8. The molecule has 0 saturated carbocycles. The van der Waals surface area contributed by atoms with E-state index >= 15 is 0 Å². The van der Waals surface area contributed by atoms with Gasteiger partial charge in [0.2, 0.25) is 0 Å². The second-order valence-electron chi connectivity index (χ2n) is 5.14. The highest BCUT2D eigenvalue weighted by Gasteiger charge is 2.16. The van der Waals surface area contributed by atoms with E-state index in [4.69, 9.17) is 4.74 Å². The first-order chi connectivity index (χ1) is 11.0. The van der Waals surface area contributed by atoms with Crippen LogP contribution in [0.25, 0.3) is 22.0 Å². The van der Waals surface area contributed by atoms with Crippen LogP contribution >= 0.6 is 22.6 Å². The lowest BCUT2D eigenvalue weighted by molar-refractivity contribution is 0.0601.